The summed E-state index contributed by atoms with van der Waals surface area (Å²) in [5.74, 6) is 0.363. The standard InChI is InChI=1S/C15H15N3O5/c1-2-21-14(19)4-3-9-22-12-7-5-11(6-8-12)15-13(10-16)18(20)23-17-15/h5-8H,2-4,9H2,1H3. The Hall–Kier alpha value is -3.08. The molecule has 0 bridgehead atoms. The smallest absolute Gasteiger partial charge is 0.305 e. The molecule has 0 amide bonds. The van der Waals surface area contributed by atoms with E-state index in [1.165, 1.54) is 0 Å². The molecule has 8 nitrogen and oxygen atoms in total. The Labute approximate surface area is 132 Å². The summed E-state index contributed by atoms with van der Waals surface area (Å²) in [4.78, 5) is 11.2. The van der Waals surface area contributed by atoms with E-state index in [4.69, 9.17) is 14.7 Å². The summed E-state index contributed by atoms with van der Waals surface area (Å²) in [5.41, 5.74) is 0.545. The van der Waals surface area contributed by atoms with E-state index in [-0.39, 0.29) is 22.3 Å². The summed E-state index contributed by atoms with van der Waals surface area (Å²) in [6, 6.07) is 8.44. The van der Waals surface area contributed by atoms with Gasteiger partial charge in [0.2, 0.25) is 0 Å². The molecule has 0 aliphatic heterocycles. The molecule has 120 valence electrons. The van der Waals surface area contributed by atoms with Crippen molar-refractivity contribution >= 4 is 5.97 Å². The molecule has 0 aliphatic rings. The van der Waals surface area contributed by atoms with Gasteiger partial charge in [0.15, 0.2) is 6.07 Å². The van der Waals surface area contributed by atoms with Gasteiger partial charge in [-0.15, -0.1) is 0 Å². The van der Waals surface area contributed by atoms with E-state index in [9.17, 15) is 10.0 Å². The number of rotatable bonds is 7. The molecule has 0 unspecified atom stereocenters. The molecule has 2 aromatic rings. The topological polar surface area (TPSA) is 112 Å². The largest absolute Gasteiger partial charge is 0.494 e. The van der Waals surface area contributed by atoms with E-state index in [1.807, 2.05) is 0 Å². The van der Waals surface area contributed by atoms with Crippen LogP contribution in [0.5, 0.6) is 5.75 Å². The van der Waals surface area contributed by atoms with Crippen molar-refractivity contribution in [3.8, 4) is 23.1 Å². The fourth-order valence-corrected chi connectivity index (χ4v) is 1.88. The number of esters is 1. The molecule has 0 spiro atoms. The molecular formula is C15H15N3O5. The number of hydrogen-bond acceptors (Lipinski definition) is 7. The van der Waals surface area contributed by atoms with Crippen LogP contribution in [0.15, 0.2) is 28.9 Å². The van der Waals surface area contributed by atoms with Gasteiger partial charge in [0, 0.05) is 17.1 Å². The van der Waals surface area contributed by atoms with Crippen molar-refractivity contribution in [1.29, 1.82) is 5.26 Å². The normalized spacial score (nSPS) is 10.1. The third-order valence-electron chi connectivity index (χ3n) is 2.95. The second-order valence-electron chi connectivity index (χ2n) is 4.52. The third kappa shape index (κ3) is 4.20. The van der Waals surface area contributed by atoms with E-state index < -0.39 is 0 Å². The predicted molar refractivity (Wildman–Crippen MR) is 77.0 cm³/mol. The first-order chi connectivity index (χ1) is 11.2. The lowest BCUT2D eigenvalue weighted by atomic mass is 10.1. The highest BCUT2D eigenvalue weighted by molar-refractivity contribution is 5.69. The van der Waals surface area contributed by atoms with Gasteiger partial charge in [-0.1, -0.05) is 0 Å². The number of nitrogens with zero attached hydrogens (tertiary/aromatic N) is 3. The van der Waals surface area contributed by atoms with Gasteiger partial charge in [-0.05, 0) is 42.5 Å². The first-order valence-electron chi connectivity index (χ1n) is 7.04. The molecule has 1 aromatic heterocycles. The predicted octanol–water partition coefficient (Wildman–Crippen LogP) is 1.57. The molecule has 0 fully saturated rings. The van der Waals surface area contributed by atoms with Gasteiger partial charge >= 0.3 is 11.7 Å². The second kappa shape index (κ2) is 7.79. The van der Waals surface area contributed by atoms with Crippen LogP contribution >= 0.6 is 0 Å². The summed E-state index contributed by atoms with van der Waals surface area (Å²) >= 11 is 0. The molecule has 0 aliphatic carbocycles. The molecule has 0 atom stereocenters. The molecular weight excluding hydrogens is 302 g/mol. The van der Waals surface area contributed by atoms with Crippen LogP contribution in [0.1, 0.15) is 25.5 Å². The van der Waals surface area contributed by atoms with E-state index >= 15 is 0 Å². The van der Waals surface area contributed by atoms with E-state index in [0.717, 1.165) is 0 Å². The minimum Gasteiger partial charge on any atom is -0.494 e. The summed E-state index contributed by atoms with van der Waals surface area (Å²) in [6.45, 7) is 2.51. The lowest BCUT2D eigenvalue weighted by Crippen LogP contribution is -2.26. The zero-order valence-corrected chi connectivity index (χ0v) is 12.5. The van der Waals surface area contributed by atoms with Gasteiger partial charge < -0.3 is 14.7 Å². The summed E-state index contributed by atoms with van der Waals surface area (Å²) < 4.78 is 14.7. The number of carbonyl (C=O) groups is 1. The average molecular weight is 317 g/mol. The molecule has 1 aromatic carbocycles. The van der Waals surface area contributed by atoms with Crippen LogP contribution in [-0.4, -0.2) is 24.3 Å². The van der Waals surface area contributed by atoms with Gasteiger partial charge in [-0.2, -0.15) is 5.26 Å². The fourth-order valence-electron chi connectivity index (χ4n) is 1.88. The Balaban J connectivity index is 1.90. The number of ether oxygens (including phenoxy) is 2. The van der Waals surface area contributed by atoms with Crippen LogP contribution in [0.4, 0.5) is 0 Å². The quantitative estimate of drug-likeness (QED) is 0.432. The summed E-state index contributed by atoms with van der Waals surface area (Å²) in [6.07, 6.45) is 0.860. The Bertz CT molecular complexity index is 703. The molecule has 0 saturated heterocycles. The van der Waals surface area contributed by atoms with Crippen LogP contribution in [0.2, 0.25) is 0 Å². The van der Waals surface area contributed by atoms with Gasteiger partial charge in [0.1, 0.15) is 5.75 Å². The minimum absolute atomic E-state index is 0.0646. The maximum absolute atomic E-state index is 11.2. The van der Waals surface area contributed by atoms with Crippen LogP contribution in [0.3, 0.4) is 0 Å². The summed E-state index contributed by atoms with van der Waals surface area (Å²) in [7, 11) is 0. The molecule has 2 rings (SSSR count). The number of nitriles is 1. The highest BCUT2D eigenvalue weighted by Gasteiger charge is 2.20. The number of hydrogen-bond donors (Lipinski definition) is 0. The first kappa shape index (κ1) is 16.3. The van der Waals surface area contributed by atoms with Crippen molar-refractivity contribution < 1.29 is 23.8 Å². The van der Waals surface area contributed by atoms with Crippen molar-refractivity contribution in [3.05, 3.63) is 35.2 Å². The molecule has 0 saturated carbocycles. The fraction of sp³-hybridized carbons (Fsp3) is 0.333. The van der Waals surface area contributed by atoms with Gasteiger partial charge in [0.25, 0.3) is 5.69 Å². The Morgan fingerprint density at radius 3 is 2.83 bits per heavy atom. The number of carbonyl (C=O) groups excluding carboxylic acids is 1. The van der Waals surface area contributed by atoms with Crippen LogP contribution in [0, 0.1) is 16.5 Å². The van der Waals surface area contributed by atoms with Crippen molar-refractivity contribution in [2.75, 3.05) is 13.2 Å². The highest BCUT2D eigenvalue weighted by Crippen LogP contribution is 2.22. The van der Waals surface area contributed by atoms with Crippen LogP contribution < -0.4 is 9.64 Å². The van der Waals surface area contributed by atoms with Crippen molar-refractivity contribution in [2.45, 2.75) is 19.8 Å². The zero-order valence-electron chi connectivity index (χ0n) is 12.5. The number of benzene rings is 1. The molecule has 0 N–H and O–H groups in total. The minimum atomic E-state index is -0.243. The Kier molecular flexibility index (Phi) is 5.52. The van der Waals surface area contributed by atoms with Gasteiger partial charge in [0.05, 0.1) is 13.2 Å². The Morgan fingerprint density at radius 2 is 2.17 bits per heavy atom. The second-order valence-corrected chi connectivity index (χ2v) is 4.52. The highest BCUT2D eigenvalue weighted by atomic mass is 16.8. The van der Waals surface area contributed by atoms with Crippen molar-refractivity contribution in [2.24, 2.45) is 0 Å². The van der Waals surface area contributed by atoms with Crippen molar-refractivity contribution in [3.63, 3.8) is 0 Å². The molecule has 8 heteroatoms. The molecule has 0 radical (unpaired) electrons. The van der Waals surface area contributed by atoms with Crippen molar-refractivity contribution in [1.82, 2.24) is 5.16 Å². The third-order valence-corrected chi connectivity index (χ3v) is 2.95. The monoisotopic (exact) mass is 317 g/mol. The van der Waals surface area contributed by atoms with E-state index in [1.54, 1.807) is 37.3 Å². The lowest BCUT2D eigenvalue weighted by Gasteiger charge is -2.06. The lowest BCUT2D eigenvalue weighted by molar-refractivity contribution is -0.804. The van der Waals surface area contributed by atoms with Crippen LogP contribution in [0.25, 0.3) is 11.3 Å². The SMILES string of the molecule is CCOC(=O)CCCOc1ccc(-c2no[n+]([O-])c2C#N)cc1. The van der Waals surface area contributed by atoms with Gasteiger partial charge in [-0.3, -0.25) is 9.42 Å². The zero-order chi connectivity index (χ0) is 16.7. The van der Waals surface area contributed by atoms with E-state index in [0.29, 0.717) is 37.4 Å². The average Bonchev–Trinajstić information content (AvgIpc) is 2.93. The van der Waals surface area contributed by atoms with Gasteiger partial charge in [-0.25, -0.2) is 0 Å². The molecule has 23 heavy (non-hydrogen) atoms. The Morgan fingerprint density at radius 1 is 1.43 bits per heavy atom. The number of aromatic nitrogens is 2. The maximum Gasteiger partial charge on any atom is 0.305 e. The summed E-state index contributed by atoms with van der Waals surface area (Å²) in [5, 5.41) is 23.6. The molecule has 1 heterocycles. The van der Waals surface area contributed by atoms with Crippen LogP contribution in [-0.2, 0) is 9.53 Å². The maximum atomic E-state index is 11.2. The first-order valence-corrected chi connectivity index (χ1v) is 7.04. The van der Waals surface area contributed by atoms with E-state index in [2.05, 4.69) is 9.79 Å².